The van der Waals surface area contributed by atoms with Gasteiger partial charge in [-0.2, -0.15) is 0 Å². The van der Waals surface area contributed by atoms with Gasteiger partial charge < -0.3 is 30.1 Å². The van der Waals surface area contributed by atoms with Crippen molar-refractivity contribution < 1.29 is 19.1 Å². The van der Waals surface area contributed by atoms with E-state index in [4.69, 9.17) is 16.3 Å². The summed E-state index contributed by atoms with van der Waals surface area (Å²) in [6.07, 6.45) is 7.13. The lowest BCUT2D eigenvalue weighted by molar-refractivity contribution is -0.141. The van der Waals surface area contributed by atoms with Crippen LogP contribution in [0.5, 0.6) is 0 Å². The number of hydrogen-bond acceptors (Lipinski definition) is 6. The molecule has 1 aromatic rings. The molecule has 234 valence electrons. The third kappa shape index (κ3) is 5.74. The Labute approximate surface area is 260 Å². The lowest BCUT2D eigenvalue weighted by atomic mass is 9.73. The maximum Gasteiger partial charge on any atom is 0.246 e. The summed E-state index contributed by atoms with van der Waals surface area (Å²) >= 11 is 6.16. The normalized spacial score (nSPS) is 35.8. The number of likely N-dealkylation sites (N-methyl/N-ethyl adjacent to an activating group) is 1. The molecule has 0 radical (unpaired) electrons. The van der Waals surface area contributed by atoms with Crippen LogP contribution in [-0.4, -0.2) is 102 Å². The van der Waals surface area contributed by atoms with Crippen LogP contribution in [0.3, 0.4) is 0 Å². The number of nitrogens with zero attached hydrogens (tertiary/aromatic N) is 3. The zero-order valence-corrected chi connectivity index (χ0v) is 26.4. The number of carbonyl (C=O) groups excluding carboxylic acids is 3. The highest BCUT2D eigenvalue weighted by Gasteiger charge is 2.72. The number of nitrogens with one attached hydrogen (secondary N) is 2. The Morgan fingerprint density at radius 2 is 1.84 bits per heavy atom. The van der Waals surface area contributed by atoms with Crippen molar-refractivity contribution in [3.8, 4) is 0 Å². The molecular formula is C33H46ClN5O4. The third-order valence-corrected chi connectivity index (χ3v) is 11.1. The van der Waals surface area contributed by atoms with Crippen LogP contribution >= 0.6 is 11.6 Å². The zero-order valence-electron chi connectivity index (χ0n) is 25.6. The van der Waals surface area contributed by atoms with Crippen LogP contribution in [0.15, 0.2) is 36.4 Å². The molecule has 1 saturated carbocycles. The number of anilines is 1. The van der Waals surface area contributed by atoms with Crippen molar-refractivity contribution in [2.24, 2.45) is 23.7 Å². The summed E-state index contributed by atoms with van der Waals surface area (Å²) in [5, 5.41) is 6.81. The number of hydrogen-bond donors (Lipinski definition) is 2. The number of carbonyl (C=O) groups is 3. The van der Waals surface area contributed by atoms with E-state index in [1.807, 2.05) is 12.2 Å². The number of benzene rings is 1. The quantitative estimate of drug-likeness (QED) is 0.416. The van der Waals surface area contributed by atoms with Gasteiger partial charge in [0, 0.05) is 49.5 Å². The SMILES string of the molecule is CCN1CCN(CCCN2C(=O)[C@H]3C(C(=O)Nc4cccc(Cl)c4)[C@H]4C=CC3(O4)C2C(=O)NC2CCCC(C)C2C)CC1. The van der Waals surface area contributed by atoms with Crippen molar-refractivity contribution in [3.63, 3.8) is 0 Å². The Kier molecular flexibility index (Phi) is 8.89. The highest BCUT2D eigenvalue weighted by Crippen LogP contribution is 2.55. The number of halogens is 1. The largest absolute Gasteiger partial charge is 0.359 e. The number of piperazine rings is 1. The van der Waals surface area contributed by atoms with Crippen molar-refractivity contribution in [1.82, 2.24) is 20.0 Å². The summed E-state index contributed by atoms with van der Waals surface area (Å²) in [6.45, 7) is 13.1. The average molecular weight is 612 g/mol. The summed E-state index contributed by atoms with van der Waals surface area (Å²) in [6, 6.07) is 6.23. The van der Waals surface area contributed by atoms with Crippen LogP contribution in [0.2, 0.25) is 5.02 Å². The second kappa shape index (κ2) is 12.5. The minimum atomic E-state index is -1.15. The lowest BCUT2D eigenvalue weighted by Crippen LogP contribution is -2.58. The van der Waals surface area contributed by atoms with Gasteiger partial charge in [0.2, 0.25) is 17.7 Å². The molecule has 4 aliphatic heterocycles. The van der Waals surface area contributed by atoms with E-state index < -0.39 is 29.6 Å². The van der Waals surface area contributed by atoms with E-state index in [9.17, 15) is 14.4 Å². The Balaban J connectivity index is 1.22. The fourth-order valence-electron chi connectivity index (χ4n) is 8.14. The van der Waals surface area contributed by atoms with E-state index in [0.717, 1.165) is 65.0 Å². The second-order valence-electron chi connectivity index (χ2n) is 13.2. The van der Waals surface area contributed by atoms with Crippen LogP contribution in [0, 0.1) is 23.7 Å². The second-order valence-corrected chi connectivity index (χ2v) is 13.7. The van der Waals surface area contributed by atoms with Crippen LogP contribution < -0.4 is 10.6 Å². The highest BCUT2D eigenvalue weighted by atomic mass is 35.5. The molecule has 3 saturated heterocycles. The number of amides is 3. The minimum absolute atomic E-state index is 0.0584. The first-order valence-corrected chi connectivity index (χ1v) is 16.6. The molecule has 1 aromatic carbocycles. The van der Waals surface area contributed by atoms with E-state index in [2.05, 4.69) is 41.2 Å². The molecular weight excluding hydrogens is 566 g/mol. The monoisotopic (exact) mass is 611 g/mol. The summed E-state index contributed by atoms with van der Waals surface area (Å²) in [7, 11) is 0. The third-order valence-electron chi connectivity index (χ3n) is 10.8. The Bertz CT molecular complexity index is 1250. The maximum atomic E-state index is 14.3. The summed E-state index contributed by atoms with van der Waals surface area (Å²) < 4.78 is 6.53. The Morgan fingerprint density at radius 3 is 2.58 bits per heavy atom. The first kappa shape index (κ1) is 30.6. The fraction of sp³-hybridized carbons (Fsp3) is 0.667. The summed E-state index contributed by atoms with van der Waals surface area (Å²) in [5.41, 5.74) is -0.586. The molecule has 2 N–H and O–H groups in total. The van der Waals surface area contributed by atoms with Crippen molar-refractivity contribution in [3.05, 3.63) is 41.4 Å². The van der Waals surface area contributed by atoms with Gasteiger partial charge in [-0.3, -0.25) is 14.4 Å². The van der Waals surface area contributed by atoms with Gasteiger partial charge in [0.1, 0.15) is 11.6 Å². The smallest absolute Gasteiger partial charge is 0.246 e. The molecule has 0 aromatic heterocycles. The molecule has 43 heavy (non-hydrogen) atoms. The standard InChI is InChI=1S/C33H46ClN5O4/c1-4-37-16-18-38(19-17-37)14-7-15-39-29(31(41)36-25-11-5-8-21(2)22(25)3)33-13-12-26(43-33)27(28(33)32(39)42)30(40)35-24-10-6-9-23(34)20-24/h6,9-10,12-13,20-22,25-29H,4-5,7-8,11,14-19H2,1-3H3,(H,35,40)(H,36,41)/t21?,22?,25?,26-,27?,28-,29?,33?/m1/s1. The number of rotatable bonds is 9. The van der Waals surface area contributed by atoms with Crippen molar-refractivity contribution >= 4 is 35.0 Å². The topological polar surface area (TPSA) is 94.2 Å². The van der Waals surface area contributed by atoms with E-state index in [-0.39, 0.29) is 23.8 Å². The van der Waals surface area contributed by atoms with Gasteiger partial charge in [-0.1, -0.05) is 63.4 Å². The highest BCUT2D eigenvalue weighted by molar-refractivity contribution is 6.30. The van der Waals surface area contributed by atoms with Gasteiger partial charge in [-0.25, -0.2) is 0 Å². The number of likely N-dealkylation sites (tertiary alicyclic amines) is 1. The molecule has 2 bridgehead atoms. The maximum absolute atomic E-state index is 14.3. The Morgan fingerprint density at radius 1 is 1.07 bits per heavy atom. The molecule has 1 spiro atoms. The first-order valence-electron chi connectivity index (χ1n) is 16.2. The van der Waals surface area contributed by atoms with Crippen molar-refractivity contribution in [1.29, 1.82) is 0 Å². The van der Waals surface area contributed by atoms with Crippen LogP contribution in [0.25, 0.3) is 0 Å². The zero-order chi connectivity index (χ0) is 30.3. The summed E-state index contributed by atoms with van der Waals surface area (Å²) in [5.74, 6) is -1.23. The van der Waals surface area contributed by atoms with Gasteiger partial charge in [0.25, 0.3) is 0 Å². The van der Waals surface area contributed by atoms with Crippen LogP contribution in [0.4, 0.5) is 5.69 Å². The molecule has 6 rings (SSSR count). The van der Waals surface area contributed by atoms with E-state index in [1.165, 1.54) is 0 Å². The van der Waals surface area contributed by atoms with Crippen LogP contribution in [0.1, 0.15) is 46.5 Å². The van der Waals surface area contributed by atoms with Gasteiger partial charge in [-0.15, -0.1) is 0 Å². The summed E-state index contributed by atoms with van der Waals surface area (Å²) in [4.78, 5) is 48.8. The molecule has 6 unspecified atom stereocenters. The van der Waals surface area contributed by atoms with E-state index in [0.29, 0.717) is 29.1 Å². The predicted molar refractivity (Wildman–Crippen MR) is 167 cm³/mol. The van der Waals surface area contributed by atoms with Crippen molar-refractivity contribution in [2.75, 3.05) is 51.1 Å². The molecule has 10 heteroatoms. The number of ether oxygens (including phenoxy) is 1. The van der Waals surface area contributed by atoms with Gasteiger partial charge >= 0.3 is 0 Å². The molecule has 3 amide bonds. The number of fused-ring (bicyclic) bond motifs is 1. The molecule has 1 aliphatic carbocycles. The molecule has 4 heterocycles. The van der Waals surface area contributed by atoms with Crippen LogP contribution in [-0.2, 0) is 19.1 Å². The van der Waals surface area contributed by atoms with E-state index in [1.54, 1.807) is 29.2 Å². The van der Waals surface area contributed by atoms with Crippen molar-refractivity contribution in [2.45, 2.75) is 70.2 Å². The fourth-order valence-corrected chi connectivity index (χ4v) is 8.33. The van der Waals surface area contributed by atoms with Gasteiger partial charge in [0.05, 0.1) is 17.9 Å². The first-order chi connectivity index (χ1) is 20.7. The average Bonchev–Trinajstić information content (AvgIpc) is 3.63. The van der Waals surface area contributed by atoms with E-state index >= 15 is 0 Å². The minimum Gasteiger partial charge on any atom is -0.359 e. The van der Waals surface area contributed by atoms with Gasteiger partial charge in [-0.05, 0) is 56.0 Å². The predicted octanol–water partition coefficient (Wildman–Crippen LogP) is 3.40. The molecule has 8 atom stereocenters. The lowest BCUT2D eigenvalue weighted by Gasteiger charge is -2.38. The molecule has 4 fully saturated rings. The molecule has 5 aliphatic rings. The Hall–Kier alpha value is -2.46. The van der Waals surface area contributed by atoms with Gasteiger partial charge in [0.15, 0.2) is 0 Å². The molecule has 9 nitrogen and oxygen atoms in total.